The van der Waals surface area contributed by atoms with Crippen molar-refractivity contribution in [3.63, 3.8) is 0 Å². The Hall–Kier alpha value is -1.78. The molecule has 2 N–H and O–H groups in total. The van der Waals surface area contributed by atoms with E-state index in [-0.39, 0.29) is 30.2 Å². The van der Waals surface area contributed by atoms with Gasteiger partial charge in [-0.1, -0.05) is 23.8 Å². The molecule has 2 aromatic carbocycles. The molecule has 0 aliphatic rings. The summed E-state index contributed by atoms with van der Waals surface area (Å²) in [6.45, 7) is 3.66. The van der Waals surface area contributed by atoms with E-state index >= 15 is 0 Å². The number of carbonyl (C=O) groups excluding carboxylic acids is 1. The zero-order valence-electron chi connectivity index (χ0n) is 12.1. The molecular weight excluding hydrogens is 313 g/mol. The fraction of sp³-hybridized carbons (Fsp3) is 0.133. The molecule has 118 valence electrons. The predicted octanol–water partition coefficient (Wildman–Crippen LogP) is 1.46. The minimum atomic E-state index is -4.23. The van der Waals surface area contributed by atoms with E-state index in [1.165, 1.54) is 12.1 Å². The second kappa shape index (κ2) is 7.66. The Kier molecular flexibility index (Phi) is 6.42. The van der Waals surface area contributed by atoms with Gasteiger partial charge < -0.3 is 8.92 Å². The molecular formula is C15H16LiNO5S. The topological polar surface area (TPSA) is 95.7 Å². The first-order valence-corrected chi connectivity index (χ1v) is 7.83. The van der Waals surface area contributed by atoms with E-state index in [0.717, 1.165) is 11.1 Å². The minimum absolute atomic E-state index is 0. The average Bonchev–Trinajstić information content (AvgIpc) is 2.42. The summed E-state index contributed by atoms with van der Waals surface area (Å²) in [5.41, 5.74) is 1.75. The molecule has 2 aromatic rings. The molecule has 0 aliphatic carbocycles. The molecule has 0 aromatic heterocycles. The molecule has 0 radical (unpaired) electrons. The second-order valence-corrected chi connectivity index (χ2v) is 5.93. The fourth-order valence-corrected chi connectivity index (χ4v) is 2.17. The number of carbonyl (C=O) groups is 1. The van der Waals surface area contributed by atoms with Gasteiger partial charge in [0, 0.05) is 0 Å². The summed E-state index contributed by atoms with van der Waals surface area (Å²) in [6.07, 6.45) is 0. The van der Waals surface area contributed by atoms with Crippen LogP contribution < -0.4 is 14.1 Å². The van der Waals surface area contributed by atoms with Gasteiger partial charge in [0.2, 0.25) is 0 Å². The molecule has 0 heterocycles. The average molecular weight is 329 g/mol. The van der Waals surface area contributed by atoms with Crippen LogP contribution in [0, 0.1) is 13.8 Å². The van der Waals surface area contributed by atoms with E-state index in [4.69, 9.17) is 9.88 Å². The number of esters is 1. The number of ether oxygens (including phenoxy) is 1. The standard InChI is InChI=1S/C15H15NO5S.Li.H/c1-10-3-6-12(7-4-10)20-15(17)13-9-11(2)5-8-14(13)21-22(16,18)19;;/h3-9H,1-2H3,(H2,16,18,19);;. The van der Waals surface area contributed by atoms with E-state index in [1.54, 1.807) is 37.3 Å². The van der Waals surface area contributed by atoms with Crippen molar-refractivity contribution in [3.8, 4) is 11.5 Å². The molecule has 8 heteroatoms. The quantitative estimate of drug-likeness (QED) is 0.520. The van der Waals surface area contributed by atoms with Gasteiger partial charge in [-0.2, -0.15) is 13.6 Å². The van der Waals surface area contributed by atoms with Gasteiger partial charge in [-0.25, -0.2) is 4.79 Å². The van der Waals surface area contributed by atoms with Crippen molar-refractivity contribution in [1.29, 1.82) is 0 Å². The molecule has 6 nitrogen and oxygen atoms in total. The molecule has 0 amide bonds. The molecule has 0 atom stereocenters. The first-order chi connectivity index (χ1) is 10.2. The molecule has 0 spiro atoms. The van der Waals surface area contributed by atoms with Gasteiger partial charge in [0.05, 0.1) is 0 Å². The number of aryl methyl sites for hydroxylation is 2. The van der Waals surface area contributed by atoms with Gasteiger partial charge in [0.15, 0.2) is 5.75 Å². The number of hydrogen-bond donors (Lipinski definition) is 1. The van der Waals surface area contributed by atoms with Crippen molar-refractivity contribution in [1.82, 2.24) is 0 Å². The summed E-state index contributed by atoms with van der Waals surface area (Å²) >= 11 is 0. The van der Waals surface area contributed by atoms with E-state index < -0.39 is 16.3 Å². The van der Waals surface area contributed by atoms with Crippen LogP contribution in [0.5, 0.6) is 11.5 Å². The maximum absolute atomic E-state index is 12.2. The van der Waals surface area contributed by atoms with Crippen LogP contribution in [0.1, 0.15) is 21.5 Å². The van der Waals surface area contributed by atoms with Crippen LogP contribution in [0.15, 0.2) is 42.5 Å². The van der Waals surface area contributed by atoms with Crippen LogP contribution in [0.25, 0.3) is 0 Å². The van der Waals surface area contributed by atoms with Crippen molar-refractivity contribution >= 4 is 35.1 Å². The van der Waals surface area contributed by atoms with Crippen molar-refractivity contribution < 1.29 is 22.1 Å². The van der Waals surface area contributed by atoms with Crippen molar-refractivity contribution in [2.45, 2.75) is 13.8 Å². The summed E-state index contributed by atoms with van der Waals surface area (Å²) in [5.74, 6) is -0.560. The molecule has 0 fully saturated rings. The van der Waals surface area contributed by atoms with Crippen LogP contribution in [0.3, 0.4) is 0 Å². The van der Waals surface area contributed by atoms with Crippen LogP contribution in [-0.4, -0.2) is 33.2 Å². The normalized spacial score (nSPS) is 10.6. The SMILES string of the molecule is Cc1ccc(OC(=O)c2cc(C)ccc2OS(N)(=O)=O)cc1.[LiH]. The maximum atomic E-state index is 12.2. The molecule has 0 saturated carbocycles. The Morgan fingerprint density at radius 2 is 1.57 bits per heavy atom. The van der Waals surface area contributed by atoms with Gasteiger partial charge in [0.25, 0.3) is 0 Å². The Bertz CT molecular complexity index is 803. The monoisotopic (exact) mass is 329 g/mol. The van der Waals surface area contributed by atoms with Crippen LogP contribution >= 0.6 is 0 Å². The van der Waals surface area contributed by atoms with E-state index in [1.807, 2.05) is 6.92 Å². The van der Waals surface area contributed by atoms with Crippen LogP contribution in [0.2, 0.25) is 0 Å². The van der Waals surface area contributed by atoms with Gasteiger partial charge in [-0.15, -0.1) is 0 Å². The van der Waals surface area contributed by atoms with Gasteiger partial charge in [-0.3, -0.25) is 0 Å². The van der Waals surface area contributed by atoms with Crippen molar-refractivity contribution in [2.24, 2.45) is 5.14 Å². The molecule has 0 aliphatic heterocycles. The Morgan fingerprint density at radius 1 is 1.00 bits per heavy atom. The zero-order chi connectivity index (χ0) is 16.3. The number of benzene rings is 2. The third-order valence-corrected chi connectivity index (χ3v) is 3.20. The Balaban J connectivity index is 0.00000264. The van der Waals surface area contributed by atoms with E-state index in [2.05, 4.69) is 4.18 Å². The molecule has 23 heavy (non-hydrogen) atoms. The Morgan fingerprint density at radius 3 is 2.13 bits per heavy atom. The summed E-state index contributed by atoms with van der Waals surface area (Å²) in [4.78, 5) is 12.2. The number of nitrogens with two attached hydrogens (primary N) is 1. The Labute approximate surface area is 147 Å². The summed E-state index contributed by atoms with van der Waals surface area (Å²) < 4.78 is 31.9. The fourth-order valence-electron chi connectivity index (χ4n) is 1.77. The van der Waals surface area contributed by atoms with Gasteiger partial charge >= 0.3 is 35.1 Å². The zero-order valence-corrected chi connectivity index (χ0v) is 12.9. The van der Waals surface area contributed by atoms with Crippen molar-refractivity contribution in [2.75, 3.05) is 0 Å². The van der Waals surface area contributed by atoms with Crippen LogP contribution in [-0.2, 0) is 10.3 Å². The van der Waals surface area contributed by atoms with E-state index in [9.17, 15) is 13.2 Å². The van der Waals surface area contributed by atoms with Gasteiger partial charge in [-0.05, 0) is 43.7 Å². The van der Waals surface area contributed by atoms with Gasteiger partial charge in [0.1, 0.15) is 11.3 Å². The number of hydrogen-bond acceptors (Lipinski definition) is 5. The first kappa shape index (κ1) is 19.3. The van der Waals surface area contributed by atoms with Crippen LogP contribution in [0.4, 0.5) is 0 Å². The molecule has 2 rings (SSSR count). The molecule has 0 saturated heterocycles. The first-order valence-electron chi connectivity index (χ1n) is 6.36. The van der Waals surface area contributed by atoms with Crippen molar-refractivity contribution in [3.05, 3.63) is 59.2 Å². The summed E-state index contributed by atoms with van der Waals surface area (Å²) in [6, 6.07) is 11.3. The summed E-state index contributed by atoms with van der Waals surface area (Å²) in [7, 11) is -4.23. The summed E-state index contributed by atoms with van der Waals surface area (Å²) in [5, 5.41) is 4.84. The van der Waals surface area contributed by atoms with E-state index in [0.29, 0.717) is 5.75 Å². The molecule has 0 unspecified atom stereocenters. The third-order valence-electron chi connectivity index (χ3n) is 2.79. The second-order valence-electron chi connectivity index (χ2n) is 4.78. The predicted molar refractivity (Wildman–Crippen MR) is 88.2 cm³/mol. The molecule has 0 bridgehead atoms. The number of rotatable bonds is 4. The third kappa shape index (κ3) is 5.73.